The van der Waals surface area contributed by atoms with Crippen molar-refractivity contribution in [3.05, 3.63) is 35.4 Å². The van der Waals surface area contributed by atoms with Gasteiger partial charge in [0.2, 0.25) is 0 Å². The van der Waals surface area contributed by atoms with Crippen LogP contribution in [0.5, 0.6) is 0 Å². The molecule has 1 aromatic rings. The van der Waals surface area contributed by atoms with Gasteiger partial charge in [0.15, 0.2) is 9.84 Å². The van der Waals surface area contributed by atoms with Crippen molar-refractivity contribution in [1.82, 2.24) is 0 Å². The Bertz CT molecular complexity index is 398. The fourth-order valence-corrected chi connectivity index (χ4v) is 2.09. The Morgan fingerprint density at radius 2 is 1.93 bits per heavy atom. The summed E-state index contributed by atoms with van der Waals surface area (Å²) in [5, 5.41) is 0. The Hall–Kier alpha value is -0.870. The van der Waals surface area contributed by atoms with Crippen LogP contribution in [0.15, 0.2) is 24.3 Å². The summed E-state index contributed by atoms with van der Waals surface area (Å²) >= 11 is 0. The second-order valence-electron chi connectivity index (χ2n) is 3.20. The molecule has 0 fully saturated rings. The van der Waals surface area contributed by atoms with Crippen LogP contribution in [0, 0.1) is 0 Å². The van der Waals surface area contributed by atoms with Crippen LogP contribution in [-0.2, 0) is 22.1 Å². The highest BCUT2D eigenvalue weighted by Crippen LogP contribution is 2.09. The molecule has 0 atom stereocenters. The molecule has 0 radical (unpaired) electrons. The lowest BCUT2D eigenvalue weighted by molar-refractivity contribution is 0.596. The van der Waals surface area contributed by atoms with Gasteiger partial charge in [-0.05, 0) is 11.1 Å². The normalized spacial score (nSPS) is 11.6. The summed E-state index contributed by atoms with van der Waals surface area (Å²) in [5.74, 6) is 0.289. The van der Waals surface area contributed by atoms with Crippen molar-refractivity contribution in [3.63, 3.8) is 0 Å². The van der Waals surface area contributed by atoms with E-state index in [1.807, 2.05) is 24.3 Å². The largest absolute Gasteiger partial charge is 0.326 e. The molecule has 2 N–H and O–H groups in total. The van der Waals surface area contributed by atoms with E-state index < -0.39 is 9.84 Å². The fourth-order valence-electron chi connectivity index (χ4n) is 1.20. The smallest absolute Gasteiger partial charge is 0.154 e. The summed E-state index contributed by atoms with van der Waals surface area (Å²) in [7, 11) is -2.94. The minimum absolute atomic E-state index is 0.108. The monoisotopic (exact) mass is 213 g/mol. The van der Waals surface area contributed by atoms with Crippen LogP contribution >= 0.6 is 0 Å². The maximum absolute atomic E-state index is 11.3. The topological polar surface area (TPSA) is 60.2 Å². The Labute approximate surface area is 84.9 Å². The lowest BCUT2D eigenvalue weighted by Gasteiger charge is -2.03. The highest BCUT2D eigenvalue weighted by atomic mass is 32.2. The maximum Gasteiger partial charge on any atom is 0.154 e. The van der Waals surface area contributed by atoms with E-state index in [-0.39, 0.29) is 11.5 Å². The van der Waals surface area contributed by atoms with Crippen molar-refractivity contribution in [2.45, 2.75) is 19.2 Å². The number of hydrogen-bond acceptors (Lipinski definition) is 3. The Morgan fingerprint density at radius 3 is 2.50 bits per heavy atom. The summed E-state index contributed by atoms with van der Waals surface area (Å²) in [6.07, 6.45) is 0. The number of nitrogens with two attached hydrogens (primary N) is 1. The van der Waals surface area contributed by atoms with Gasteiger partial charge in [0, 0.05) is 12.3 Å². The summed E-state index contributed by atoms with van der Waals surface area (Å²) in [6, 6.07) is 7.38. The maximum atomic E-state index is 11.3. The minimum Gasteiger partial charge on any atom is -0.326 e. The lowest BCUT2D eigenvalue weighted by Crippen LogP contribution is -2.07. The quantitative estimate of drug-likeness (QED) is 0.814. The van der Waals surface area contributed by atoms with Crippen molar-refractivity contribution in [3.8, 4) is 0 Å². The van der Waals surface area contributed by atoms with Crippen LogP contribution < -0.4 is 5.73 Å². The molecule has 0 unspecified atom stereocenters. The molecule has 0 amide bonds. The van der Waals surface area contributed by atoms with E-state index in [1.165, 1.54) is 0 Å². The first-order chi connectivity index (χ1) is 6.57. The number of benzene rings is 1. The van der Waals surface area contributed by atoms with Crippen LogP contribution in [0.4, 0.5) is 0 Å². The number of rotatable bonds is 4. The van der Waals surface area contributed by atoms with Gasteiger partial charge >= 0.3 is 0 Å². The van der Waals surface area contributed by atoms with Crippen molar-refractivity contribution in [2.75, 3.05) is 5.75 Å². The average molecular weight is 213 g/mol. The van der Waals surface area contributed by atoms with Gasteiger partial charge in [-0.1, -0.05) is 31.2 Å². The molecule has 4 heteroatoms. The molecule has 14 heavy (non-hydrogen) atoms. The first-order valence-corrected chi connectivity index (χ1v) is 6.38. The number of hydrogen-bond donors (Lipinski definition) is 1. The molecule has 0 aliphatic heterocycles. The second kappa shape index (κ2) is 4.57. The molecule has 0 saturated carbocycles. The molecule has 0 aliphatic carbocycles. The Kier molecular flexibility index (Phi) is 3.66. The van der Waals surface area contributed by atoms with E-state index in [0.717, 1.165) is 11.1 Å². The molecule has 0 aromatic heterocycles. The molecule has 0 spiro atoms. The van der Waals surface area contributed by atoms with Crippen LogP contribution in [0.2, 0.25) is 0 Å². The van der Waals surface area contributed by atoms with Gasteiger partial charge in [0.25, 0.3) is 0 Å². The van der Waals surface area contributed by atoms with Crippen LogP contribution in [0.3, 0.4) is 0 Å². The molecule has 0 heterocycles. The third-order valence-corrected chi connectivity index (χ3v) is 3.71. The predicted octanol–water partition coefficient (Wildman–Crippen LogP) is 1.08. The Balaban J connectivity index is 2.87. The molecule has 1 rings (SSSR count). The van der Waals surface area contributed by atoms with Crippen molar-refractivity contribution >= 4 is 9.84 Å². The van der Waals surface area contributed by atoms with E-state index in [0.29, 0.717) is 6.54 Å². The zero-order valence-electron chi connectivity index (χ0n) is 8.23. The van der Waals surface area contributed by atoms with Gasteiger partial charge in [-0.15, -0.1) is 0 Å². The van der Waals surface area contributed by atoms with Crippen molar-refractivity contribution in [1.29, 1.82) is 0 Å². The minimum atomic E-state index is -2.94. The van der Waals surface area contributed by atoms with Gasteiger partial charge in [0.1, 0.15) is 0 Å². The molecule has 0 aliphatic rings. The van der Waals surface area contributed by atoms with Crippen LogP contribution in [0.1, 0.15) is 18.1 Å². The van der Waals surface area contributed by atoms with Crippen molar-refractivity contribution < 1.29 is 8.42 Å². The highest BCUT2D eigenvalue weighted by Gasteiger charge is 2.08. The predicted molar refractivity (Wildman–Crippen MR) is 57.5 cm³/mol. The lowest BCUT2D eigenvalue weighted by atomic mass is 10.1. The first-order valence-electron chi connectivity index (χ1n) is 4.55. The molecular weight excluding hydrogens is 198 g/mol. The molecule has 0 bridgehead atoms. The standard InChI is InChI=1S/C10H15NO2S/c1-2-14(12,13)8-10-5-3-4-9(6-10)7-11/h3-6H,2,7-8,11H2,1H3. The highest BCUT2D eigenvalue weighted by molar-refractivity contribution is 7.90. The summed E-state index contributed by atoms with van der Waals surface area (Å²) in [6.45, 7) is 2.10. The third kappa shape index (κ3) is 3.12. The first kappa shape index (κ1) is 11.2. The van der Waals surface area contributed by atoms with E-state index in [9.17, 15) is 8.42 Å². The molecular formula is C10H15NO2S. The molecule has 78 valence electrons. The van der Waals surface area contributed by atoms with Gasteiger partial charge in [-0.2, -0.15) is 0 Å². The zero-order chi connectivity index (χ0) is 10.6. The van der Waals surface area contributed by atoms with E-state index in [1.54, 1.807) is 6.92 Å². The summed E-state index contributed by atoms with van der Waals surface area (Å²) < 4.78 is 22.7. The van der Waals surface area contributed by atoms with Gasteiger partial charge in [0.05, 0.1) is 5.75 Å². The fraction of sp³-hybridized carbons (Fsp3) is 0.400. The number of sulfone groups is 1. The van der Waals surface area contributed by atoms with E-state index >= 15 is 0 Å². The third-order valence-electron chi connectivity index (χ3n) is 2.05. The van der Waals surface area contributed by atoms with Crippen molar-refractivity contribution in [2.24, 2.45) is 5.73 Å². The van der Waals surface area contributed by atoms with Gasteiger partial charge in [-0.25, -0.2) is 8.42 Å². The SMILES string of the molecule is CCS(=O)(=O)Cc1cccc(CN)c1. The average Bonchev–Trinajstić information content (AvgIpc) is 2.17. The van der Waals surface area contributed by atoms with Crippen LogP contribution in [-0.4, -0.2) is 14.2 Å². The summed E-state index contributed by atoms with van der Waals surface area (Å²) in [5.41, 5.74) is 7.25. The Morgan fingerprint density at radius 1 is 1.29 bits per heavy atom. The summed E-state index contributed by atoms with van der Waals surface area (Å²) in [4.78, 5) is 0. The second-order valence-corrected chi connectivity index (χ2v) is 5.55. The van der Waals surface area contributed by atoms with E-state index in [2.05, 4.69) is 0 Å². The zero-order valence-corrected chi connectivity index (χ0v) is 9.05. The molecule has 0 saturated heterocycles. The van der Waals surface area contributed by atoms with Gasteiger partial charge < -0.3 is 5.73 Å². The van der Waals surface area contributed by atoms with E-state index in [4.69, 9.17) is 5.73 Å². The van der Waals surface area contributed by atoms with Gasteiger partial charge in [-0.3, -0.25) is 0 Å². The van der Waals surface area contributed by atoms with Crippen LogP contribution in [0.25, 0.3) is 0 Å². The molecule has 3 nitrogen and oxygen atoms in total. The molecule has 1 aromatic carbocycles.